The zero-order valence-electron chi connectivity index (χ0n) is 15.5. The number of aromatic amines is 1. The lowest BCUT2D eigenvalue weighted by molar-refractivity contribution is -0.145. The van der Waals surface area contributed by atoms with Crippen LogP contribution in [0.2, 0.25) is 0 Å². The number of carbonyl (C=O) groups is 3. The number of rotatable bonds is 8. The molecule has 0 spiro atoms. The third kappa shape index (κ3) is 5.12. The summed E-state index contributed by atoms with van der Waals surface area (Å²) in [5.74, 6) is 0.190. The standard InChI is InChI=1S/C21H24N2O4/c1-14(24)21-22-12-18(23-21)13-27-19(25)11-8-15-6-9-17(10-7-15)20(26)16-4-2-3-5-16/h6-7,9-10,12,16H,2-5,8,11,13H2,1H3,(H,22,23). The van der Waals surface area contributed by atoms with Crippen LogP contribution < -0.4 is 0 Å². The minimum absolute atomic E-state index is 0.0634. The molecule has 0 radical (unpaired) electrons. The molecule has 1 fully saturated rings. The molecule has 0 saturated heterocycles. The van der Waals surface area contributed by atoms with Crippen molar-refractivity contribution in [3.05, 3.63) is 53.1 Å². The number of nitrogens with one attached hydrogen (secondary N) is 1. The van der Waals surface area contributed by atoms with Crippen LogP contribution >= 0.6 is 0 Å². The molecule has 0 bridgehead atoms. The van der Waals surface area contributed by atoms with Gasteiger partial charge in [0.05, 0.1) is 11.9 Å². The maximum Gasteiger partial charge on any atom is 0.306 e. The summed E-state index contributed by atoms with van der Waals surface area (Å²) in [5, 5.41) is 0. The normalized spacial score (nSPS) is 14.3. The van der Waals surface area contributed by atoms with Crippen LogP contribution in [0.4, 0.5) is 0 Å². The zero-order chi connectivity index (χ0) is 19.2. The van der Waals surface area contributed by atoms with E-state index in [4.69, 9.17) is 4.74 Å². The Hall–Kier alpha value is -2.76. The van der Waals surface area contributed by atoms with E-state index < -0.39 is 0 Å². The highest BCUT2D eigenvalue weighted by molar-refractivity contribution is 5.98. The van der Waals surface area contributed by atoms with E-state index in [1.54, 1.807) is 0 Å². The predicted molar refractivity (Wildman–Crippen MR) is 99.4 cm³/mol. The van der Waals surface area contributed by atoms with Gasteiger partial charge in [0.2, 0.25) is 0 Å². The second kappa shape index (κ2) is 8.75. The average Bonchev–Trinajstić information content (AvgIpc) is 3.36. The first-order valence-corrected chi connectivity index (χ1v) is 9.36. The number of nitrogens with zero attached hydrogens (tertiary/aromatic N) is 1. The summed E-state index contributed by atoms with van der Waals surface area (Å²) >= 11 is 0. The molecule has 142 valence electrons. The maximum absolute atomic E-state index is 12.4. The first-order chi connectivity index (χ1) is 13.0. The summed E-state index contributed by atoms with van der Waals surface area (Å²) < 4.78 is 5.20. The fourth-order valence-electron chi connectivity index (χ4n) is 3.35. The summed E-state index contributed by atoms with van der Waals surface area (Å²) in [4.78, 5) is 42.2. The molecular weight excluding hydrogens is 344 g/mol. The van der Waals surface area contributed by atoms with Gasteiger partial charge in [0.15, 0.2) is 17.4 Å². The van der Waals surface area contributed by atoms with E-state index in [0.29, 0.717) is 12.1 Å². The topological polar surface area (TPSA) is 89.1 Å². The van der Waals surface area contributed by atoms with Gasteiger partial charge in [-0.15, -0.1) is 0 Å². The number of aryl methyl sites for hydroxylation is 1. The largest absolute Gasteiger partial charge is 0.459 e. The van der Waals surface area contributed by atoms with Crippen molar-refractivity contribution in [2.24, 2.45) is 5.92 Å². The third-order valence-electron chi connectivity index (χ3n) is 4.93. The van der Waals surface area contributed by atoms with Gasteiger partial charge in [-0.05, 0) is 24.8 Å². The Labute approximate surface area is 158 Å². The Morgan fingerprint density at radius 1 is 1.15 bits per heavy atom. The molecule has 1 aromatic carbocycles. The highest BCUT2D eigenvalue weighted by atomic mass is 16.5. The van der Waals surface area contributed by atoms with E-state index in [-0.39, 0.29) is 42.3 Å². The summed E-state index contributed by atoms with van der Waals surface area (Å²) in [6.07, 6.45) is 6.58. The molecule has 1 heterocycles. The lowest BCUT2D eigenvalue weighted by Crippen LogP contribution is -2.11. The van der Waals surface area contributed by atoms with E-state index >= 15 is 0 Å². The van der Waals surface area contributed by atoms with Crippen LogP contribution in [0.15, 0.2) is 30.5 Å². The lowest BCUT2D eigenvalue weighted by atomic mass is 9.95. The van der Waals surface area contributed by atoms with Gasteiger partial charge in [-0.2, -0.15) is 0 Å². The van der Waals surface area contributed by atoms with Crippen LogP contribution in [0.25, 0.3) is 0 Å². The Bertz CT molecular complexity index is 817. The number of ether oxygens (including phenoxy) is 1. The molecule has 1 aliphatic rings. The summed E-state index contributed by atoms with van der Waals surface area (Å²) in [6, 6.07) is 7.53. The van der Waals surface area contributed by atoms with Crippen molar-refractivity contribution >= 4 is 17.5 Å². The van der Waals surface area contributed by atoms with Crippen LogP contribution in [-0.4, -0.2) is 27.5 Å². The van der Waals surface area contributed by atoms with E-state index in [0.717, 1.165) is 36.8 Å². The van der Waals surface area contributed by atoms with Crippen molar-refractivity contribution in [3.8, 4) is 0 Å². The molecule has 6 nitrogen and oxygen atoms in total. The molecule has 3 rings (SSSR count). The van der Waals surface area contributed by atoms with Gasteiger partial charge in [-0.3, -0.25) is 14.4 Å². The number of hydrogen-bond acceptors (Lipinski definition) is 5. The van der Waals surface area contributed by atoms with Crippen LogP contribution in [-0.2, 0) is 22.6 Å². The fourth-order valence-corrected chi connectivity index (χ4v) is 3.35. The number of esters is 1. The first-order valence-electron chi connectivity index (χ1n) is 9.36. The second-order valence-electron chi connectivity index (χ2n) is 7.02. The average molecular weight is 368 g/mol. The molecular formula is C21H24N2O4. The number of hydrogen-bond donors (Lipinski definition) is 1. The van der Waals surface area contributed by atoms with Gasteiger partial charge < -0.3 is 9.72 Å². The van der Waals surface area contributed by atoms with Gasteiger partial charge in [0.1, 0.15) is 6.61 Å². The molecule has 6 heteroatoms. The van der Waals surface area contributed by atoms with Crippen LogP contribution in [0, 0.1) is 5.92 Å². The first kappa shape index (κ1) is 19.0. The van der Waals surface area contributed by atoms with Crippen molar-refractivity contribution in [2.45, 2.75) is 52.1 Å². The SMILES string of the molecule is CC(=O)c1ncc(COC(=O)CCc2ccc(C(=O)C3CCCC3)cc2)[nH]1. The van der Waals surface area contributed by atoms with Crippen molar-refractivity contribution < 1.29 is 19.1 Å². The number of aromatic nitrogens is 2. The third-order valence-corrected chi connectivity index (χ3v) is 4.93. The molecule has 1 aromatic heterocycles. The molecule has 27 heavy (non-hydrogen) atoms. The van der Waals surface area contributed by atoms with E-state index in [1.165, 1.54) is 13.1 Å². The van der Waals surface area contributed by atoms with Crippen molar-refractivity contribution in [1.29, 1.82) is 0 Å². The van der Waals surface area contributed by atoms with Gasteiger partial charge in [0, 0.05) is 24.8 Å². The Morgan fingerprint density at radius 3 is 2.48 bits per heavy atom. The monoisotopic (exact) mass is 368 g/mol. The Balaban J connectivity index is 1.44. The highest BCUT2D eigenvalue weighted by Crippen LogP contribution is 2.28. The van der Waals surface area contributed by atoms with Gasteiger partial charge in [-0.1, -0.05) is 37.1 Å². The van der Waals surface area contributed by atoms with Crippen LogP contribution in [0.1, 0.15) is 71.3 Å². The molecule has 1 saturated carbocycles. The summed E-state index contributed by atoms with van der Waals surface area (Å²) in [7, 11) is 0. The highest BCUT2D eigenvalue weighted by Gasteiger charge is 2.23. The van der Waals surface area contributed by atoms with E-state index in [1.807, 2.05) is 24.3 Å². The Kier molecular flexibility index (Phi) is 6.16. The summed E-state index contributed by atoms with van der Waals surface area (Å²) in [6.45, 7) is 1.48. The quantitative estimate of drug-likeness (QED) is 0.567. The van der Waals surface area contributed by atoms with E-state index in [9.17, 15) is 14.4 Å². The molecule has 1 aliphatic carbocycles. The molecule has 0 aliphatic heterocycles. The number of H-pyrrole nitrogens is 1. The molecule has 1 N–H and O–H groups in total. The van der Waals surface area contributed by atoms with Crippen molar-refractivity contribution in [2.75, 3.05) is 0 Å². The van der Waals surface area contributed by atoms with Crippen LogP contribution in [0.5, 0.6) is 0 Å². The molecule has 0 atom stereocenters. The minimum atomic E-state index is -0.319. The van der Waals surface area contributed by atoms with Gasteiger partial charge in [0.25, 0.3) is 0 Å². The number of ketones is 2. The fraction of sp³-hybridized carbons (Fsp3) is 0.429. The predicted octanol–water partition coefficient (Wildman–Crippen LogP) is 3.66. The van der Waals surface area contributed by atoms with Crippen molar-refractivity contribution in [3.63, 3.8) is 0 Å². The van der Waals surface area contributed by atoms with E-state index in [2.05, 4.69) is 9.97 Å². The van der Waals surface area contributed by atoms with Crippen molar-refractivity contribution in [1.82, 2.24) is 9.97 Å². The van der Waals surface area contributed by atoms with Crippen LogP contribution in [0.3, 0.4) is 0 Å². The Morgan fingerprint density at radius 2 is 1.85 bits per heavy atom. The van der Waals surface area contributed by atoms with Gasteiger partial charge >= 0.3 is 5.97 Å². The second-order valence-corrected chi connectivity index (χ2v) is 7.02. The number of Topliss-reactive ketones (excluding diaryl/α,β-unsaturated/α-hetero) is 2. The van der Waals surface area contributed by atoms with Gasteiger partial charge in [-0.25, -0.2) is 4.98 Å². The lowest BCUT2D eigenvalue weighted by Gasteiger charge is -2.08. The smallest absolute Gasteiger partial charge is 0.306 e. The zero-order valence-corrected chi connectivity index (χ0v) is 15.5. The number of imidazole rings is 1. The number of carbonyl (C=O) groups excluding carboxylic acids is 3. The molecule has 0 amide bonds. The molecule has 0 unspecified atom stereocenters. The molecule has 2 aromatic rings. The summed E-state index contributed by atoms with van der Waals surface area (Å²) in [5.41, 5.74) is 2.34. The maximum atomic E-state index is 12.4. The number of benzene rings is 1. The minimum Gasteiger partial charge on any atom is -0.459 e.